The smallest absolute Gasteiger partial charge is 0.0204 e. The van der Waals surface area contributed by atoms with Gasteiger partial charge in [-0.2, -0.15) is 0 Å². The summed E-state index contributed by atoms with van der Waals surface area (Å²) in [4.78, 5) is 3.37. The van der Waals surface area contributed by atoms with E-state index in [0.29, 0.717) is 5.41 Å². The normalized spacial score (nSPS) is 13.3. The van der Waals surface area contributed by atoms with E-state index in [2.05, 4.69) is 58.8 Å². The van der Waals surface area contributed by atoms with Gasteiger partial charge in [0.15, 0.2) is 0 Å². The minimum atomic E-state index is 0.232. The van der Waals surface area contributed by atoms with Gasteiger partial charge in [0.1, 0.15) is 0 Å². The summed E-state index contributed by atoms with van der Waals surface area (Å²) in [6, 6.07) is 2.30. The van der Waals surface area contributed by atoms with Crippen LogP contribution >= 0.6 is 0 Å². The zero-order valence-corrected chi connectivity index (χ0v) is 10.4. The number of hydrogen-bond acceptors (Lipinski definition) is 0. The topological polar surface area (TPSA) is 15.8 Å². The third kappa shape index (κ3) is 3.21. The average Bonchev–Trinajstić information content (AvgIpc) is 2.29. The Hall–Kier alpha value is -0.720. The number of rotatable bonds is 1. The third-order valence-corrected chi connectivity index (χ3v) is 2.29. The maximum absolute atomic E-state index is 3.37. The highest BCUT2D eigenvalue weighted by Crippen LogP contribution is 2.25. The quantitative estimate of drug-likeness (QED) is 0.696. The van der Waals surface area contributed by atoms with Gasteiger partial charge in [0.2, 0.25) is 0 Å². The van der Waals surface area contributed by atoms with Crippen LogP contribution in [0.5, 0.6) is 0 Å². The number of H-pyrrole nitrogens is 1. The van der Waals surface area contributed by atoms with Gasteiger partial charge < -0.3 is 4.98 Å². The van der Waals surface area contributed by atoms with Crippen molar-refractivity contribution in [1.82, 2.24) is 4.98 Å². The molecule has 0 radical (unpaired) electrons. The molecule has 1 rings (SSSR count). The first-order valence-electron chi connectivity index (χ1n) is 5.36. The third-order valence-electron chi connectivity index (χ3n) is 2.29. The Morgan fingerprint density at radius 1 is 1.07 bits per heavy atom. The molecule has 0 atom stereocenters. The van der Waals surface area contributed by atoms with E-state index in [4.69, 9.17) is 0 Å². The molecule has 0 aliphatic heterocycles. The molecular weight excluding hydrogens is 170 g/mol. The van der Waals surface area contributed by atoms with E-state index >= 15 is 0 Å². The molecule has 0 bridgehead atoms. The van der Waals surface area contributed by atoms with Gasteiger partial charge in [-0.05, 0) is 23.5 Å². The Morgan fingerprint density at radius 2 is 1.64 bits per heavy atom. The first-order valence-corrected chi connectivity index (χ1v) is 5.36. The van der Waals surface area contributed by atoms with Gasteiger partial charge in [-0.3, -0.25) is 0 Å². The Kier molecular flexibility index (Phi) is 2.80. The van der Waals surface area contributed by atoms with Gasteiger partial charge in [0.05, 0.1) is 0 Å². The van der Waals surface area contributed by atoms with Gasteiger partial charge in [-0.25, -0.2) is 0 Å². The first-order chi connectivity index (χ1) is 6.18. The molecule has 0 amide bonds. The fourth-order valence-electron chi connectivity index (χ4n) is 1.59. The second-order valence-electron chi connectivity index (χ2n) is 6.41. The summed E-state index contributed by atoms with van der Waals surface area (Å²) in [5.74, 6) is 0. The monoisotopic (exact) mass is 193 g/mol. The molecule has 0 saturated heterocycles. The molecule has 1 heterocycles. The SMILES string of the molecule is CC(C)(C)Cc1c[nH]c(C(C)(C)C)c1. The van der Waals surface area contributed by atoms with Crippen LogP contribution in [0.3, 0.4) is 0 Å². The minimum absolute atomic E-state index is 0.232. The van der Waals surface area contributed by atoms with Crippen LogP contribution in [-0.2, 0) is 11.8 Å². The van der Waals surface area contributed by atoms with Crippen LogP contribution in [0.2, 0.25) is 0 Å². The molecule has 1 nitrogen and oxygen atoms in total. The maximum Gasteiger partial charge on any atom is 0.0204 e. The highest BCUT2D eigenvalue weighted by Gasteiger charge is 2.17. The molecular formula is C13H23N. The van der Waals surface area contributed by atoms with Crippen molar-refractivity contribution in [3.63, 3.8) is 0 Å². The summed E-state index contributed by atoms with van der Waals surface area (Å²) in [7, 11) is 0. The summed E-state index contributed by atoms with van der Waals surface area (Å²) in [5, 5.41) is 0. The number of aromatic amines is 1. The van der Waals surface area contributed by atoms with Crippen LogP contribution < -0.4 is 0 Å². The molecule has 1 aromatic heterocycles. The fraction of sp³-hybridized carbons (Fsp3) is 0.692. The summed E-state index contributed by atoms with van der Waals surface area (Å²) in [6.07, 6.45) is 3.28. The number of hydrogen-bond donors (Lipinski definition) is 1. The minimum Gasteiger partial charge on any atom is -0.364 e. The van der Waals surface area contributed by atoms with E-state index in [9.17, 15) is 0 Å². The van der Waals surface area contributed by atoms with Crippen LogP contribution in [0.25, 0.3) is 0 Å². The molecule has 1 N–H and O–H groups in total. The van der Waals surface area contributed by atoms with Crippen molar-refractivity contribution in [1.29, 1.82) is 0 Å². The molecule has 0 aliphatic carbocycles. The van der Waals surface area contributed by atoms with Crippen LogP contribution in [-0.4, -0.2) is 4.98 Å². The molecule has 14 heavy (non-hydrogen) atoms. The predicted octanol–water partition coefficient (Wildman–Crippen LogP) is 3.90. The van der Waals surface area contributed by atoms with Gasteiger partial charge in [-0.15, -0.1) is 0 Å². The summed E-state index contributed by atoms with van der Waals surface area (Å²) in [6.45, 7) is 13.5. The standard InChI is InChI=1S/C13H23N/c1-12(2,3)8-10-7-11(14-9-10)13(4,5)6/h7,9,14H,8H2,1-6H3. The lowest BCUT2D eigenvalue weighted by Gasteiger charge is -2.17. The molecule has 80 valence electrons. The summed E-state index contributed by atoms with van der Waals surface area (Å²) < 4.78 is 0. The Bertz CT molecular complexity index is 294. The van der Waals surface area contributed by atoms with Crippen LogP contribution in [0.15, 0.2) is 12.3 Å². The van der Waals surface area contributed by atoms with E-state index in [0.717, 1.165) is 6.42 Å². The van der Waals surface area contributed by atoms with E-state index < -0.39 is 0 Å². The maximum atomic E-state index is 3.37. The zero-order valence-electron chi connectivity index (χ0n) is 10.4. The van der Waals surface area contributed by atoms with Crippen molar-refractivity contribution < 1.29 is 0 Å². The predicted molar refractivity (Wildman–Crippen MR) is 62.7 cm³/mol. The largest absolute Gasteiger partial charge is 0.364 e. The zero-order chi connectivity index (χ0) is 11.0. The Balaban J connectivity index is 2.79. The fourth-order valence-corrected chi connectivity index (χ4v) is 1.59. The van der Waals surface area contributed by atoms with Crippen molar-refractivity contribution in [2.45, 2.75) is 53.4 Å². The Morgan fingerprint density at radius 3 is 2.00 bits per heavy atom. The van der Waals surface area contributed by atoms with Gasteiger partial charge in [0, 0.05) is 17.3 Å². The van der Waals surface area contributed by atoms with Crippen molar-refractivity contribution in [3.05, 3.63) is 23.5 Å². The highest BCUT2D eigenvalue weighted by atomic mass is 14.7. The Labute approximate surface area is 87.9 Å². The number of aromatic nitrogens is 1. The van der Waals surface area contributed by atoms with Gasteiger partial charge in [-0.1, -0.05) is 41.5 Å². The van der Waals surface area contributed by atoms with Crippen LogP contribution in [0, 0.1) is 5.41 Å². The second kappa shape index (κ2) is 3.45. The van der Waals surface area contributed by atoms with Gasteiger partial charge in [0.25, 0.3) is 0 Å². The molecule has 0 aliphatic rings. The number of nitrogens with one attached hydrogen (secondary N) is 1. The molecule has 0 aromatic carbocycles. The van der Waals surface area contributed by atoms with Crippen molar-refractivity contribution in [2.75, 3.05) is 0 Å². The van der Waals surface area contributed by atoms with E-state index in [1.807, 2.05) is 0 Å². The highest BCUT2D eigenvalue weighted by molar-refractivity contribution is 5.23. The van der Waals surface area contributed by atoms with Crippen LogP contribution in [0.1, 0.15) is 52.8 Å². The molecule has 1 heteroatoms. The van der Waals surface area contributed by atoms with Crippen molar-refractivity contribution >= 4 is 0 Å². The molecule has 0 fully saturated rings. The van der Waals surface area contributed by atoms with Crippen LogP contribution in [0.4, 0.5) is 0 Å². The lowest BCUT2D eigenvalue weighted by Crippen LogP contribution is -2.11. The van der Waals surface area contributed by atoms with Crippen molar-refractivity contribution in [3.8, 4) is 0 Å². The van der Waals surface area contributed by atoms with E-state index in [1.165, 1.54) is 11.3 Å². The van der Waals surface area contributed by atoms with E-state index in [1.54, 1.807) is 0 Å². The van der Waals surface area contributed by atoms with Crippen molar-refractivity contribution in [2.24, 2.45) is 5.41 Å². The molecule has 0 saturated carbocycles. The summed E-state index contributed by atoms with van der Waals surface area (Å²) in [5.41, 5.74) is 3.35. The lowest BCUT2D eigenvalue weighted by molar-refractivity contribution is 0.411. The molecule has 0 unspecified atom stereocenters. The lowest BCUT2D eigenvalue weighted by atomic mass is 9.87. The van der Waals surface area contributed by atoms with E-state index in [-0.39, 0.29) is 5.41 Å². The van der Waals surface area contributed by atoms with Gasteiger partial charge >= 0.3 is 0 Å². The second-order valence-corrected chi connectivity index (χ2v) is 6.41. The first kappa shape index (κ1) is 11.4. The summed E-state index contributed by atoms with van der Waals surface area (Å²) >= 11 is 0. The molecule has 0 spiro atoms. The average molecular weight is 193 g/mol. The molecule has 1 aromatic rings.